The van der Waals surface area contributed by atoms with Gasteiger partial charge in [-0.2, -0.15) is 0 Å². The van der Waals surface area contributed by atoms with Gasteiger partial charge in [0, 0.05) is 18.1 Å². The molecule has 0 aliphatic heterocycles. The first-order valence-corrected chi connectivity index (χ1v) is 12.9. The molecule has 0 aliphatic rings. The lowest BCUT2D eigenvalue weighted by Gasteiger charge is -2.34. The number of ether oxygens (including phenoxy) is 1. The number of hydrogen-bond acceptors (Lipinski definition) is 4. The molecule has 2 aromatic rings. The van der Waals surface area contributed by atoms with Gasteiger partial charge in [-0.15, -0.1) is 0 Å². The minimum atomic E-state index is -0.307. The first-order valence-electron chi connectivity index (χ1n) is 12.9. The second-order valence-electron chi connectivity index (χ2n) is 10.9. The Labute approximate surface area is 207 Å². The van der Waals surface area contributed by atoms with Crippen molar-refractivity contribution in [2.45, 2.75) is 98.1 Å². The van der Waals surface area contributed by atoms with Crippen molar-refractivity contribution in [2.75, 3.05) is 13.2 Å². The van der Waals surface area contributed by atoms with Gasteiger partial charge >= 0.3 is 0 Å². The molecule has 0 amide bonds. The fraction of sp³-hybridized carbons (Fsp3) is 0.600. The lowest BCUT2D eigenvalue weighted by atomic mass is 9.69. The van der Waals surface area contributed by atoms with E-state index in [0.717, 1.165) is 37.0 Å². The summed E-state index contributed by atoms with van der Waals surface area (Å²) in [6, 6.07) is 13.2. The van der Waals surface area contributed by atoms with E-state index < -0.39 is 0 Å². The zero-order chi connectivity index (χ0) is 25.5. The minimum absolute atomic E-state index is 0.0647. The zero-order valence-electron chi connectivity index (χ0n) is 22.4. The van der Waals surface area contributed by atoms with Crippen molar-refractivity contribution < 1.29 is 14.9 Å². The molecule has 0 saturated carbocycles. The maximum atomic E-state index is 10.5. The molecule has 190 valence electrons. The molecular weight excluding hydrogens is 422 g/mol. The lowest BCUT2D eigenvalue weighted by Crippen LogP contribution is -2.29. The Balaban J connectivity index is 2.28. The van der Waals surface area contributed by atoms with E-state index in [1.54, 1.807) is 0 Å². The van der Waals surface area contributed by atoms with E-state index in [-0.39, 0.29) is 29.6 Å². The van der Waals surface area contributed by atoms with Gasteiger partial charge in [-0.3, -0.25) is 0 Å². The topological polar surface area (TPSA) is 75.7 Å². The third kappa shape index (κ3) is 6.84. The van der Waals surface area contributed by atoms with Crippen molar-refractivity contribution in [2.24, 2.45) is 11.1 Å². The van der Waals surface area contributed by atoms with Gasteiger partial charge in [-0.1, -0.05) is 65.0 Å². The van der Waals surface area contributed by atoms with Gasteiger partial charge in [0.2, 0.25) is 0 Å². The van der Waals surface area contributed by atoms with Crippen LogP contribution in [0.4, 0.5) is 0 Å². The van der Waals surface area contributed by atoms with Gasteiger partial charge in [0.25, 0.3) is 0 Å². The van der Waals surface area contributed by atoms with E-state index in [1.807, 2.05) is 0 Å². The molecule has 4 nitrogen and oxygen atoms in total. The van der Waals surface area contributed by atoms with Crippen molar-refractivity contribution in [3.63, 3.8) is 0 Å². The number of benzene rings is 2. The Morgan fingerprint density at radius 1 is 0.912 bits per heavy atom. The first-order chi connectivity index (χ1) is 16.0. The molecule has 0 spiro atoms. The summed E-state index contributed by atoms with van der Waals surface area (Å²) in [5, 5.41) is 19.5. The van der Waals surface area contributed by atoms with Crippen LogP contribution in [-0.4, -0.2) is 35.6 Å². The predicted molar refractivity (Wildman–Crippen MR) is 143 cm³/mol. The maximum absolute atomic E-state index is 10.5. The average Bonchev–Trinajstić information content (AvgIpc) is 2.78. The van der Waals surface area contributed by atoms with Gasteiger partial charge in [0.05, 0.1) is 6.10 Å². The summed E-state index contributed by atoms with van der Waals surface area (Å²) < 4.78 is 5.94. The van der Waals surface area contributed by atoms with Crippen LogP contribution in [0.5, 0.6) is 5.75 Å². The van der Waals surface area contributed by atoms with Crippen LogP contribution >= 0.6 is 0 Å². The average molecular weight is 470 g/mol. The number of rotatable bonds is 12. The standard InChI is InChI=1S/C30H47NO3/c1-8-30(9-2,25-13-14-27(22(4)19-25)34-20-26(31)16-17-32)24-12-10-23(21(3)18-24)11-15-28(33)29(5,6)7/h10,12-14,18-19,26,28,32-33H,8-9,11,15-17,20,31H2,1-7H3. The normalized spacial score (nSPS) is 14.2. The molecule has 4 N–H and O–H groups in total. The Morgan fingerprint density at radius 3 is 2.00 bits per heavy atom. The molecule has 0 bridgehead atoms. The van der Waals surface area contributed by atoms with Gasteiger partial charge in [-0.25, -0.2) is 0 Å². The molecule has 0 fully saturated rings. The quantitative estimate of drug-likeness (QED) is 0.365. The third-order valence-electron chi connectivity index (χ3n) is 7.47. The molecule has 0 aliphatic carbocycles. The number of hydrogen-bond donors (Lipinski definition) is 3. The second kappa shape index (κ2) is 12.2. The summed E-state index contributed by atoms with van der Waals surface area (Å²) in [6.45, 7) is 15.5. The number of nitrogens with two attached hydrogens (primary N) is 1. The fourth-order valence-electron chi connectivity index (χ4n) is 4.79. The molecule has 34 heavy (non-hydrogen) atoms. The van der Waals surface area contributed by atoms with E-state index >= 15 is 0 Å². The number of aliphatic hydroxyl groups excluding tert-OH is 2. The van der Waals surface area contributed by atoms with Crippen LogP contribution in [0.25, 0.3) is 0 Å². The van der Waals surface area contributed by atoms with E-state index in [1.165, 1.54) is 22.3 Å². The smallest absolute Gasteiger partial charge is 0.122 e. The van der Waals surface area contributed by atoms with Crippen LogP contribution in [0.1, 0.15) is 88.1 Å². The highest BCUT2D eigenvalue weighted by molar-refractivity contribution is 5.47. The Kier molecular flexibility index (Phi) is 10.2. The summed E-state index contributed by atoms with van der Waals surface area (Å²) in [5.41, 5.74) is 12.2. The van der Waals surface area contributed by atoms with Crippen LogP contribution in [0.3, 0.4) is 0 Å². The van der Waals surface area contributed by atoms with E-state index in [4.69, 9.17) is 15.6 Å². The highest BCUT2D eigenvalue weighted by Gasteiger charge is 2.31. The van der Waals surface area contributed by atoms with Crippen molar-refractivity contribution in [1.82, 2.24) is 0 Å². The summed E-state index contributed by atoms with van der Waals surface area (Å²) in [6.07, 6.45) is 3.91. The van der Waals surface area contributed by atoms with Gasteiger partial charge in [0.1, 0.15) is 12.4 Å². The monoisotopic (exact) mass is 469 g/mol. The van der Waals surface area contributed by atoms with Crippen LogP contribution in [0, 0.1) is 19.3 Å². The summed E-state index contributed by atoms with van der Waals surface area (Å²) >= 11 is 0. The number of aryl methyl sites for hydroxylation is 3. The highest BCUT2D eigenvalue weighted by atomic mass is 16.5. The Morgan fingerprint density at radius 2 is 1.50 bits per heavy atom. The van der Waals surface area contributed by atoms with Crippen LogP contribution < -0.4 is 10.5 Å². The Bertz CT molecular complexity index is 912. The summed E-state index contributed by atoms with van der Waals surface area (Å²) in [5.74, 6) is 0.849. The summed E-state index contributed by atoms with van der Waals surface area (Å²) in [7, 11) is 0. The molecule has 2 rings (SSSR count). The number of aliphatic hydroxyl groups is 2. The minimum Gasteiger partial charge on any atom is -0.492 e. The summed E-state index contributed by atoms with van der Waals surface area (Å²) in [4.78, 5) is 0. The molecule has 0 saturated heterocycles. The largest absolute Gasteiger partial charge is 0.492 e. The van der Waals surface area contributed by atoms with Crippen molar-refractivity contribution in [3.8, 4) is 5.75 Å². The second-order valence-corrected chi connectivity index (χ2v) is 10.9. The van der Waals surface area contributed by atoms with Gasteiger partial charge in [-0.05, 0) is 85.3 Å². The zero-order valence-corrected chi connectivity index (χ0v) is 22.4. The van der Waals surface area contributed by atoms with E-state index in [2.05, 4.69) is 84.9 Å². The fourth-order valence-corrected chi connectivity index (χ4v) is 4.79. The molecule has 2 aromatic carbocycles. The van der Waals surface area contributed by atoms with Crippen molar-refractivity contribution >= 4 is 0 Å². The molecule has 4 heteroatoms. The first kappa shape index (κ1) is 28.4. The van der Waals surface area contributed by atoms with Crippen molar-refractivity contribution in [3.05, 3.63) is 64.2 Å². The van der Waals surface area contributed by atoms with Crippen molar-refractivity contribution in [1.29, 1.82) is 0 Å². The molecule has 2 atom stereocenters. The van der Waals surface area contributed by atoms with Gasteiger partial charge in [0.15, 0.2) is 0 Å². The highest BCUT2D eigenvalue weighted by Crippen LogP contribution is 2.41. The van der Waals surface area contributed by atoms with Gasteiger partial charge < -0.3 is 20.7 Å². The maximum Gasteiger partial charge on any atom is 0.122 e. The lowest BCUT2D eigenvalue weighted by molar-refractivity contribution is 0.0560. The van der Waals surface area contributed by atoms with Crippen LogP contribution in [0.15, 0.2) is 36.4 Å². The molecule has 0 aromatic heterocycles. The predicted octanol–water partition coefficient (Wildman–Crippen LogP) is 5.84. The SMILES string of the molecule is CCC(CC)(c1ccc(CCC(O)C(C)(C)C)c(C)c1)c1ccc(OCC(N)CCO)c(C)c1. The Hall–Kier alpha value is -1.88. The molecular formula is C30H47NO3. The van der Waals surface area contributed by atoms with Crippen LogP contribution in [0.2, 0.25) is 0 Å². The van der Waals surface area contributed by atoms with E-state index in [9.17, 15) is 5.11 Å². The molecule has 2 unspecified atom stereocenters. The molecule has 0 radical (unpaired) electrons. The third-order valence-corrected chi connectivity index (χ3v) is 7.47. The van der Waals surface area contributed by atoms with Crippen LogP contribution in [-0.2, 0) is 11.8 Å². The molecule has 0 heterocycles. The van der Waals surface area contributed by atoms with E-state index in [0.29, 0.717) is 13.0 Å².